The lowest BCUT2D eigenvalue weighted by molar-refractivity contribution is 0.177. The standard InChI is InChI=1S/C12H15N3O/c1-9-11(8-14-15(9)2)12(16)6-10-4-3-5-13-7-10/h3-5,7-8,12,16H,6H2,1-2H3. The predicted molar refractivity (Wildman–Crippen MR) is 60.8 cm³/mol. The molecule has 0 aromatic carbocycles. The number of hydrogen-bond acceptors (Lipinski definition) is 3. The molecule has 84 valence electrons. The Kier molecular flexibility index (Phi) is 3.01. The minimum absolute atomic E-state index is 0.516. The van der Waals surface area contributed by atoms with Gasteiger partial charge in [0, 0.05) is 37.1 Å². The highest BCUT2D eigenvalue weighted by Gasteiger charge is 2.14. The highest BCUT2D eigenvalue weighted by atomic mass is 16.3. The van der Waals surface area contributed by atoms with Crippen LogP contribution in [0.1, 0.15) is 22.9 Å². The summed E-state index contributed by atoms with van der Waals surface area (Å²) in [7, 11) is 1.87. The van der Waals surface area contributed by atoms with Crippen molar-refractivity contribution >= 4 is 0 Å². The van der Waals surface area contributed by atoms with Crippen LogP contribution < -0.4 is 0 Å². The van der Waals surface area contributed by atoms with Gasteiger partial charge in [0.05, 0.1) is 12.3 Å². The van der Waals surface area contributed by atoms with Gasteiger partial charge in [0.2, 0.25) is 0 Å². The number of aryl methyl sites for hydroxylation is 1. The van der Waals surface area contributed by atoms with E-state index in [2.05, 4.69) is 10.1 Å². The normalized spacial score (nSPS) is 12.7. The fourth-order valence-corrected chi connectivity index (χ4v) is 1.69. The van der Waals surface area contributed by atoms with Crippen LogP contribution >= 0.6 is 0 Å². The van der Waals surface area contributed by atoms with Crippen molar-refractivity contribution < 1.29 is 5.11 Å². The number of aliphatic hydroxyl groups excluding tert-OH is 1. The Morgan fingerprint density at radius 3 is 2.81 bits per heavy atom. The van der Waals surface area contributed by atoms with Crippen LogP contribution in [-0.4, -0.2) is 19.9 Å². The van der Waals surface area contributed by atoms with E-state index >= 15 is 0 Å². The fraction of sp³-hybridized carbons (Fsp3) is 0.333. The SMILES string of the molecule is Cc1c(C(O)Cc2cccnc2)cnn1C. The van der Waals surface area contributed by atoms with Gasteiger partial charge >= 0.3 is 0 Å². The van der Waals surface area contributed by atoms with Crippen molar-refractivity contribution in [3.8, 4) is 0 Å². The zero-order valence-corrected chi connectivity index (χ0v) is 9.46. The number of rotatable bonds is 3. The van der Waals surface area contributed by atoms with Crippen LogP contribution in [-0.2, 0) is 13.5 Å². The van der Waals surface area contributed by atoms with Crippen LogP contribution in [0.3, 0.4) is 0 Å². The van der Waals surface area contributed by atoms with Crippen molar-refractivity contribution in [3.63, 3.8) is 0 Å². The first kappa shape index (κ1) is 10.8. The van der Waals surface area contributed by atoms with Crippen LogP contribution in [0, 0.1) is 6.92 Å². The Labute approximate surface area is 94.6 Å². The summed E-state index contributed by atoms with van der Waals surface area (Å²) in [6.07, 6.45) is 5.27. The van der Waals surface area contributed by atoms with Crippen molar-refractivity contribution in [2.45, 2.75) is 19.4 Å². The van der Waals surface area contributed by atoms with Gasteiger partial charge in [0.15, 0.2) is 0 Å². The van der Waals surface area contributed by atoms with Crippen LogP contribution in [0.15, 0.2) is 30.7 Å². The third-order valence-corrected chi connectivity index (χ3v) is 2.78. The first-order chi connectivity index (χ1) is 7.68. The molecule has 2 rings (SSSR count). The van der Waals surface area contributed by atoms with E-state index < -0.39 is 6.10 Å². The maximum absolute atomic E-state index is 10.1. The summed E-state index contributed by atoms with van der Waals surface area (Å²) < 4.78 is 1.77. The van der Waals surface area contributed by atoms with Gasteiger partial charge < -0.3 is 5.11 Å². The van der Waals surface area contributed by atoms with Gasteiger partial charge in [-0.3, -0.25) is 9.67 Å². The van der Waals surface area contributed by atoms with E-state index in [1.54, 1.807) is 23.3 Å². The molecule has 0 aliphatic heterocycles. The van der Waals surface area contributed by atoms with Gasteiger partial charge in [-0.15, -0.1) is 0 Å². The second-order valence-electron chi connectivity index (χ2n) is 3.89. The van der Waals surface area contributed by atoms with E-state index in [-0.39, 0.29) is 0 Å². The molecule has 0 radical (unpaired) electrons. The van der Waals surface area contributed by atoms with Gasteiger partial charge in [0.1, 0.15) is 0 Å². The van der Waals surface area contributed by atoms with Gasteiger partial charge in [0.25, 0.3) is 0 Å². The summed E-state index contributed by atoms with van der Waals surface area (Å²) in [5.74, 6) is 0. The van der Waals surface area contributed by atoms with Crippen LogP contribution in [0.4, 0.5) is 0 Å². The molecular weight excluding hydrogens is 202 g/mol. The Hall–Kier alpha value is -1.68. The van der Waals surface area contributed by atoms with Gasteiger partial charge in [-0.25, -0.2) is 0 Å². The molecule has 2 heterocycles. The maximum atomic E-state index is 10.1. The maximum Gasteiger partial charge on any atom is 0.0864 e. The highest BCUT2D eigenvalue weighted by molar-refractivity contribution is 5.21. The zero-order valence-electron chi connectivity index (χ0n) is 9.46. The molecule has 0 saturated heterocycles. The Morgan fingerprint density at radius 1 is 1.44 bits per heavy atom. The Balaban J connectivity index is 2.15. The number of aromatic nitrogens is 3. The Morgan fingerprint density at radius 2 is 2.25 bits per heavy atom. The van der Waals surface area contributed by atoms with Crippen LogP contribution in [0.2, 0.25) is 0 Å². The minimum Gasteiger partial charge on any atom is -0.388 e. The molecule has 4 nitrogen and oxygen atoms in total. The minimum atomic E-state index is -0.516. The molecule has 0 aliphatic carbocycles. The summed E-state index contributed by atoms with van der Waals surface area (Å²) in [6, 6.07) is 3.83. The molecule has 1 unspecified atom stereocenters. The van der Waals surface area contributed by atoms with Crippen molar-refractivity contribution in [1.29, 1.82) is 0 Å². The smallest absolute Gasteiger partial charge is 0.0864 e. The van der Waals surface area contributed by atoms with Gasteiger partial charge in [-0.05, 0) is 18.6 Å². The molecule has 1 atom stereocenters. The highest BCUT2D eigenvalue weighted by Crippen LogP contribution is 2.20. The lowest BCUT2D eigenvalue weighted by Gasteiger charge is -2.09. The largest absolute Gasteiger partial charge is 0.388 e. The summed E-state index contributed by atoms with van der Waals surface area (Å²) >= 11 is 0. The van der Waals surface area contributed by atoms with E-state index in [0.29, 0.717) is 6.42 Å². The first-order valence-electron chi connectivity index (χ1n) is 5.24. The fourth-order valence-electron chi connectivity index (χ4n) is 1.69. The van der Waals surface area contributed by atoms with E-state index in [9.17, 15) is 5.11 Å². The summed E-state index contributed by atoms with van der Waals surface area (Å²) in [6.45, 7) is 1.95. The van der Waals surface area contributed by atoms with E-state index in [4.69, 9.17) is 0 Å². The Bertz CT molecular complexity index is 464. The molecule has 0 bridgehead atoms. The average Bonchev–Trinajstić information content (AvgIpc) is 2.61. The molecule has 4 heteroatoms. The number of aliphatic hydroxyl groups is 1. The molecule has 16 heavy (non-hydrogen) atoms. The molecule has 0 saturated carbocycles. The molecule has 0 spiro atoms. The van der Waals surface area contributed by atoms with Crippen molar-refractivity contribution in [2.75, 3.05) is 0 Å². The molecular formula is C12H15N3O. The van der Waals surface area contributed by atoms with E-state index in [1.807, 2.05) is 26.1 Å². The molecule has 0 fully saturated rings. The van der Waals surface area contributed by atoms with E-state index in [1.165, 1.54) is 0 Å². The van der Waals surface area contributed by atoms with Crippen molar-refractivity contribution in [1.82, 2.24) is 14.8 Å². The van der Waals surface area contributed by atoms with Crippen molar-refractivity contribution in [2.24, 2.45) is 7.05 Å². The summed E-state index contributed by atoms with van der Waals surface area (Å²) in [5.41, 5.74) is 2.90. The van der Waals surface area contributed by atoms with Crippen LogP contribution in [0.25, 0.3) is 0 Å². The number of pyridine rings is 1. The van der Waals surface area contributed by atoms with Crippen LogP contribution in [0.5, 0.6) is 0 Å². The average molecular weight is 217 g/mol. The first-order valence-corrected chi connectivity index (χ1v) is 5.24. The monoisotopic (exact) mass is 217 g/mol. The quantitative estimate of drug-likeness (QED) is 0.845. The van der Waals surface area contributed by atoms with Gasteiger partial charge in [-0.2, -0.15) is 5.10 Å². The predicted octanol–water partition coefficient (Wildman–Crippen LogP) is 1.40. The van der Waals surface area contributed by atoms with Crippen molar-refractivity contribution in [3.05, 3.63) is 47.5 Å². The third-order valence-electron chi connectivity index (χ3n) is 2.78. The lowest BCUT2D eigenvalue weighted by atomic mass is 10.0. The molecule has 1 N–H and O–H groups in total. The molecule has 0 amide bonds. The number of nitrogens with zero attached hydrogens (tertiary/aromatic N) is 3. The molecule has 0 aliphatic rings. The van der Waals surface area contributed by atoms with Gasteiger partial charge in [-0.1, -0.05) is 6.07 Å². The molecule has 2 aromatic rings. The summed E-state index contributed by atoms with van der Waals surface area (Å²) in [4.78, 5) is 4.03. The zero-order chi connectivity index (χ0) is 11.5. The second-order valence-corrected chi connectivity index (χ2v) is 3.89. The third kappa shape index (κ3) is 2.12. The molecule has 2 aromatic heterocycles. The topological polar surface area (TPSA) is 50.9 Å². The van der Waals surface area contributed by atoms with E-state index in [0.717, 1.165) is 16.8 Å². The summed E-state index contributed by atoms with van der Waals surface area (Å²) in [5, 5.41) is 14.2. The second kappa shape index (κ2) is 4.45. The lowest BCUT2D eigenvalue weighted by Crippen LogP contribution is -2.04. The number of hydrogen-bond donors (Lipinski definition) is 1.